The Morgan fingerprint density at radius 2 is 1.95 bits per heavy atom. The maximum atomic E-state index is 13.5. The Balaban J connectivity index is 1.73. The standard InChI is InChI=1S/C16H24FNO/c1-12(10-14-4-2-3-5-16(14)17)18-11-13-6-8-15(19)9-7-13/h2-5,12-13,15,18-19H,6-11H2,1H3. The first-order valence-corrected chi connectivity index (χ1v) is 7.30. The monoisotopic (exact) mass is 265 g/mol. The summed E-state index contributed by atoms with van der Waals surface area (Å²) < 4.78 is 13.5. The van der Waals surface area contributed by atoms with Gasteiger partial charge in [-0.15, -0.1) is 0 Å². The van der Waals surface area contributed by atoms with Gasteiger partial charge in [-0.2, -0.15) is 0 Å². The smallest absolute Gasteiger partial charge is 0.126 e. The molecule has 1 aliphatic rings. The molecule has 1 unspecified atom stereocenters. The zero-order valence-corrected chi connectivity index (χ0v) is 11.6. The van der Waals surface area contributed by atoms with Gasteiger partial charge in [-0.05, 0) is 63.1 Å². The molecular weight excluding hydrogens is 241 g/mol. The molecule has 0 saturated heterocycles. The van der Waals surface area contributed by atoms with Gasteiger partial charge in [-0.1, -0.05) is 18.2 Å². The van der Waals surface area contributed by atoms with Crippen molar-refractivity contribution in [2.24, 2.45) is 5.92 Å². The number of halogens is 1. The Bertz CT molecular complexity index is 388. The molecule has 2 N–H and O–H groups in total. The molecule has 1 fully saturated rings. The van der Waals surface area contributed by atoms with E-state index in [-0.39, 0.29) is 18.0 Å². The van der Waals surface area contributed by atoms with Crippen LogP contribution in [0.25, 0.3) is 0 Å². The average molecular weight is 265 g/mol. The molecule has 0 spiro atoms. The lowest BCUT2D eigenvalue weighted by Crippen LogP contribution is -2.34. The normalized spacial score (nSPS) is 25.2. The summed E-state index contributed by atoms with van der Waals surface area (Å²) in [7, 11) is 0. The van der Waals surface area contributed by atoms with Crippen LogP contribution in [0, 0.1) is 11.7 Å². The van der Waals surface area contributed by atoms with Gasteiger partial charge in [0.15, 0.2) is 0 Å². The van der Waals surface area contributed by atoms with Crippen molar-refractivity contribution in [3.05, 3.63) is 35.6 Å². The Labute approximate surface area is 115 Å². The molecule has 106 valence electrons. The van der Waals surface area contributed by atoms with Gasteiger partial charge in [-0.3, -0.25) is 0 Å². The fourth-order valence-corrected chi connectivity index (χ4v) is 2.78. The topological polar surface area (TPSA) is 32.3 Å². The average Bonchev–Trinajstić information content (AvgIpc) is 2.41. The molecule has 1 aromatic carbocycles. The SMILES string of the molecule is CC(Cc1ccccc1F)NCC1CCC(O)CC1. The molecule has 0 aromatic heterocycles. The first-order valence-electron chi connectivity index (χ1n) is 7.30. The predicted molar refractivity (Wildman–Crippen MR) is 75.5 cm³/mol. The molecule has 0 radical (unpaired) electrons. The van der Waals surface area contributed by atoms with Crippen molar-refractivity contribution in [1.82, 2.24) is 5.32 Å². The molecule has 0 aliphatic heterocycles. The minimum Gasteiger partial charge on any atom is -0.393 e. The number of nitrogens with one attached hydrogen (secondary N) is 1. The van der Waals surface area contributed by atoms with Crippen LogP contribution in [0.4, 0.5) is 4.39 Å². The molecule has 1 aromatic rings. The fraction of sp³-hybridized carbons (Fsp3) is 0.625. The Hall–Kier alpha value is -0.930. The van der Waals surface area contributed by atoms with Crippen LogP contribution in [0.5, 0.6) is 0 Å². The van der Waals surface area contributed by atoms with Crippen molar-refractivity contribution in [2.75, 3.05) is 6.54 Å². The van der Waals surface area contributed by atoms with Gasteiger partial charge in [0, 0.05) is 6.04 Å². The second kappa shape index (κ2) is 7.01. The van der Waals surface area contributed by atoms with Crippen LogP contribution in [0.3, 0.4) is 0 Å². The zero-order valence-electron chi connectivity index (χ0n) is 11.6. The van der Waals surface area contributed by atoms with Gasteiger partial charge >= 0.3 is 0 Å². The highest BCUT2D eigenvalue weighted by Crippen LogP contribution is 2.23. The maximum Gasteiger partial charge on any atom is 0.126 e. The Morgan fingerprint density at radius 1 is 1.26 bits per heavy atom. The van der Waals surface area contributed by atoms with Gasteiger partial charge in [0.05, 0.1) is 6.10 Å². The summed E-state index contributed by atoms with van der Waals surface area (Å²) in [5.74, 6) is 0.545. The quantitative estimate of drug-likeness (QED) is 0.858. The molecule has 0 bridgehead atoms. The lowest BCUT2D eigenvalue weighted by molar-refractivity contribution is 0.108. The summed E-state index contributed by atoms with van der Waals surface area (Å²) in [6, 6.07) is 7.26. The second-order valence-corrected chi connectivity index (χ2v) is 5.78. The van der Waals surface area contributed by atoms with Gasteiger partial charge < -0.3 is 10.4 Å². The molecule has 1 aliphatic carbocycles. The van der Waals surface area contributed by atoms with Crippen LogP contribution >= 0.6 is 0 Å². The third-order valence-electron chi connectivity index (χ3n) is 4.06. The van der Waals surface area contributed by atoms with E-state index in [1.165, 1.54) is 6.07 Å². The minimum absolute atomic E-state index is 0.0907. The summed E-state index contributed by atoms with van der Waals surface area (Å²) in [6.45, 7) is 3.08. The highest BCUT2D eigenvalue weighted by Gasteiger charge is 2.19. The molecule has 3 heteroatoms. The predicted octanol–water partition coefficient (Wildman–Crippen LogP) is 2.90. The highest BCUT2D eigenvalue weighted by atomic mass is 19.1. The van der Waals surface area contributed by atoms with Crippen LogP contribution in [0.1, 0.15) is 38.2 Å². The number of hydrogen-bond acceptors (Lipinski definition) is 2. The molecule has 0 heterocycles. The molecule has 1 atom stereocenters. The molecule has 0 amide bonds. The third-order valence-corrected chi connectivity index (χ3v) is 4.06. The van der Waals surface area contributed by atoms with Crippen molar-refractivity contribution in [3.63, 3.8) is 0 Å². The molecular formula is C16H24FNO. The first-order chi connectivity index (χ1) is 9.15. The number of benzene rings is 1. The molecule has 19 heavy (non-hydrogen) atoms. The van der Waals surface area contributed by atoms with Crippen LogP contribution in [-0.4, -0.2) is 23.8 Å². The highest BCUT2D eigenvalue weighted by molar-refractivity contribution is 5.18. The van der Waals surface area contributed by atoms with E-state index < -0.39 is 0 Å². The van der Waals surface area contributed by atoms with Crippen molar-refractivity contribution in [1.29, 1.82) is 0 Å². The fourth-order valence-electron chi connectivity index (χ4n) is 2.78. The van der Waals surface area contributed by atoms with E-state index in [0.29, 0.717) is 5.92 Å². The zero-order chi connectivity index (χ0) is 13.7. The molecule has 2 nitrogen and oxygen atoms in total. The number of aliphatic hydroxyl groups is 1. The first kappa shape index (κ1) is 14.5. The van der Waals surface area contributed by atoms with Crippen LogP contribution in [0.2, 0.25) is 0 Å². The van der Waals surface area contributed by atoms with E-state index in [9.17, 15) is 9.50 Å². The third kappa shape index (κ3) is 4.59. The number of aliphatic hydroxyl groups excluding tert-OH is 1. The Kier molecular flexibility index (Phi) is 5.34. The van der Waals surface area contributed by atoms with Gasteiger partial charge in [-0.25, -0.2) is 4.39 Å². The van der Waals surface area contributed by atoms with Crippen molar-refractivity contribution in [3.8, 4) is 0 Å². The van der Waals surface area contributed by atoms with Crippen LogP contribution in [-0.2, 0) is 6.42 Å². The summed E-state index contributed by atoms with van der Waals surface area (Å²) in [4.78, 5) is 0. The Morgan fingerprint density at radius 3 is 2.63 bits per heavy atom. The number of rotatable bonds is 5. The van der Waals surface area contributed by atoms with E-state index >= 15 is 0 Å². The van der Waals surface area contributed by atoms with E-state index in [1.54, 1.807) is 6.07 Å². The summed E-state index contributed by atoms with van der Waals surface area (Å²) in [6.07, 6.45) is 4.68. The summed E-state index contributed by atoms with van der Waals surface area (Å²) in [5.41, 5.74) is 0.779. The van der Waals surface area contributed by atoms with E-state index in [0.717, 1.165) is 44.2 Å². The van der Waals surface area contributed by atoms with Crippen LogP contribution in [0.15, 0.2) is 24.3 Å². The van der Waals surface area contributed by atoms with Gasteiger partial charge in [0.2, 0.25) is 0 Å². The lowest BCUT2D eigenvalue weighted by atomic mass is 9.87. The van der Waals surface area contributed by atoms with Gasteiger partial charge in [0.1, 0.15) is 5.82 Å². The van der Waals surface area contributed by atoms with Crippen molar-refractivity contribution < 1.29 is 9.50 Å². The summed E-state index contributed by atoms with van der Waals surface area (Å²) >= 11 is 0. The maximum absolute atomic E-state index is 13.5. The van der Waals surface area contributed by atoms with E-state index in [2.05, 4.69) is 12.2 Å². The van der Waals surface area contributed by atoms with E-state index in [1.807, 2.05) is 12.1 Å². The second-order valence-electron chi connectivity index (χ2n) is 5.78. The summed E-state index contributed by atoms with van der Waals surface area (Å²) in [5, 5.41) is 13.0. The largest absolute Gasteiger partial charge is 0.393 e. The molecule has 1 saturated carbocycles. The lowest BCUT2D eigenvalue weighted by Gasteiger charge is -2.27. The van der Waals surface area contributed by atoms with Crippen molar-refractivity contribution >= 4 is 0 Å². The van der Waals surface area contributed by atoms with Crippen LogP contribution < -0.4 is 5.32 Å². The van der Waals surface area contributed by atoms with Crippen molar-refractivity contribution in [2.45, 2.75) is 51.2 Å². The van der Waals surface area contributed by atoms with Gasteiger partial charge in [0.25, 0.3) is 0 Å². The minimum atomic E-state index is -0.114. The van der Waals surface area contributed by atoms with E-state index in [4.69, 9.17) is 0 Å². The number of hydrogen-bond donors (Lipinski definition) is 2. The molecule has 2 rings (SSSR count).